The van der Waals surface area contributed by atoms with Crippen molar-refractivity contribution in [3.8, 4) is 28.4 Å². The molecule has 0 bridgehead atoms. The molecule has 4 aromatic carbocycles. The Labute approximate surface area is 274 Å². The van der Waals surface area contributed by atoms with Crippen LogP contribution in [0.5, 0.6) is 17.2 Å². The number of likely N-dealkylation sites (N-methyl/N-ethyl adjacent to an activating group) is 1. The molecule has 0 unspecified atom stereocenters. The van der Waals surface area contributed by atoms with Gasteiger partial charge in [-0.2, -0.15) is 0 Å². The first kappa shape index (κ1) is 31.9. The van der Waals surface area contributed by atoms with Crippen molar-refractivity contribution in [3.63, 3.8) is 0 Å². The van der Waals surface area contributed by atoms with Crippen LogP contribution in [-0.4, -0.2) is 72.5 Å². The molecular weight excluding hydrogens is 596 g/mol. The first-order chi connectivity index (χ1) is 22.8. The Balaban J connectivity index is 1.17. The summed E-state index contributed by atoms with van der Waals surface area (Å²) in [6, 6.07) is 28.2. The van der Waals surface area contributed by atoms with Crippen molar-refractivity contribution in [2.45, 2.75) is 32.5 Å². The maximum Gasteiger partial charge on any atom is 0.323 e. The lowest BCUT2D eigenvalue weighted by Gasteiger charge is -2.38. The van der Waals surface area contributed by atoms with Crippen LogP contribution >= 0.6 is 0 Å². The highest BCUT2D eigenvalue weighted by atomic mass is 16.7. The van der Waals surface area contributed by atoms with E-state index >= 15 is 0 Å². The van der Waals surface area contributed by atoms with Gasteiger partial charge < -0.3 is 34.9 Å². The number of nitrogens with one attached hydrogen (secondary N) is 2. The van der Waals surface area contributed by atoms with E-state index in [-0.39, 0.29) is 31.3 Å². The predicted octanol–water partition coefficient (Wildman–Crippen LogP) is 6.08. The molecule has 0 aliphatic carbocycles. The highest BCUT2D eigenvalue weighted by molar-refractivity contribution is 6.02. The molecule has 2 aliphatic rings. The lowest BCUT2D eigenvalue weighted by molar-refractivity contribution is 0.0341. The smallest absolute Gasteiger partial charge is 0.323 e. The molecule has 0 saturated heterocycles. The number of rotatable bonds is 9. The van der Waals surface area contributed by atoms with E-state index in [1.54, 1.807) is 41.3 Å². The molecule has 10 heteroatoms. The molecule has 0 spiro atoms. The Hall–Kier alpha value is -5.06. The number of aliphatic hydroxyl groups is 1. The van der Waals surface area contributed by atoms with Crippen LogP contribution in [0, 0.1) is 5.92 Å². The molecular formula is C37H40N4O6. The zero-order chi connectivity index (χ0) is 32.9. The van der Waals surface area contributed by atoms with Crippen LogP contribution in [0.4, 0.5) is 16.2 Å². The zero-order valence-corrected chi connectivity index (χ0v) is 26.8. The summed E-state index contributed by atoms with van der Waals surface area (Å²) in [5.41, 5.74) is 4.83. The normalized spacial score (nSPS) is 17.7. The Morgan fingerprint density at radius 2 is 1.57 bits per heavy atom. The Morgan fingerprint density at radius 3 is 2.30 bits per heavy atom. The van der Waals surface area contributed by atoms with E-state index in [1.807, 2.05) is 25.1 Å². The quantitative estimate of drug-likeness (QED) is 0.204. The summed E-state index contributed by atoms with van der Waals surface area (Å²) in [6.07, 6.45) is -0.239. The van der Waals surface area contributed by atoms with Gasteiger partial charge in [-0.15, -0.1) is 0 Å². The van der Waals surface area contributed by atoms with Gasteiger partial charge in [0.2, 0.25) is 6.79 Å². The molecule has 3 N–H and O–H groups in total. The number of ether oxygens (including phenoxy) is 3. The van der Waals surface area contributed by atoms with Gasteiger partial charge in [-0.05, 0) is 61.0 Å². The second-order valence-electron chi connectivity index (χ2n) is 12.2. The summed E-state index contributed by atoms with van der Waals surface area (Å²) in [5, 5.41) is 15.6. The van der Waals surface area contributed by atoms with Crippen LogP contribution in [0.3, 0.4) is 0 Å². The molecule has 0 radical (unpaired) electrons. The minimum Gasteiger partial charge on any atom is -0.488 e. The summed E-state index contributed by atoms with van der Waals surface area (Å²) in [7, 11) is 2.06. The highest BCUT2D eigenvalue weighted by Crippen LogP contribution is 2.35. The summed E-state index contributed by atoms with van der Waals surface area (Å²) < 4.78 is 17.3. The fourth-order valence-corrected chi connectivity index (χ4v) is 5.90. The van der Waals surface area contributed by atoms with E-state index in [1.165, 1.54) is 16.7 Å². The summed E-state index contributed by atoms with van der Waals surface area (Å²) in [4.78, 5) is 30.6. The monoisotopic (exact) mass is 636 g/mol. The number of fused-ring (bicyclic) bond motifs is 2. The number of amides is 3. The van der Waals surface area contributed by atoms with Crippen LogP contribution in [0.25, 0.3) is 11.1 Å². The van der Waals surface area contributed by atoms with Crippen LogP contribution in [0.1, 0.15) is 29.8 Å². The number of benzene rings is 4. The fourth-order valence-electron chi connectivity index (χ4n) is 5.90. The summed E-state index contributed by atoms with van der Waals surface area (Å²) in [5.74, 6) is 1.33. The number of carbonyl (C=O) groups excluding carboxylic acids is 2. The van der Waals surface area contributed by atoms with Gasteiger partial charge in [0, 0.05) is 43.0 Å². The van der Waals surface area contributed by atoms with Gasteiger partial charge in [0.15, 0.2) is 11.5 Å². The van der Waals surface area contributed by atoms with Gasteiger partial charge in [-0.1, -0.05) is 61.5 Å². The van der Waals surface area contributed by atoms with E-state index in [0.717, 1.165) is 6.54 Å². The first-order valence-electron chi connectivity index (χ1n) is 15.8. The fraction of sp³-hybridized carbons (Fsp3) is 0.297. The van der Waals surface area contributed by atoms with Crippen LogP contribution in [-0.2, 0) is 6.54 Å². The third-order valence-electron chi connectivity index (χ3n) is 8.56. The molecule has 6 rings (SSSR count). The van der Waals surface area contributed by atoms with Crippen LogP contribution in [0.15, 0.2) is 91.0 Å². The van der Waals surface area contributed by atoms with Crippen molar-refractivity contribution in [2.75, 3.05) is 44.2 Å². The van der Waals surface area contributed by atoms with Crippen molar-refractivity contribution in [1.29, 1.82) is 0 Å². The zero-order valence-electron chi connectivity index (χ0n) is 26.8. The summed E-state index contributed by atoms with van der Waals surface area (Å²) in [6.45, 7) is 5.62. The molecule has 2 aliphatic heterocycles. The number of hydrogen-bond acceptors (Lipinski definition) is 7. The van der Waals surface area contributed by atoms with Gasteiger partial charge >= 0.3 is 6.03 Å². The minimum atomic E-state index is -0.478. The van der Waals surface area contributed by atoms with Crippen molar-refractivity contribution in [2.24, 2.45) is 5.92 Å². The first-order valence-corrected chi connectivity index (χ1v) is 15.8. The minimum absolute atomic E-state index is 0.0192. The molecule has 3 atom stereocenters. The van der Waals surface area contributed by atoms with E-state index in [9.17, 15) is 14.7 Å². The van der Waals surface area contributed by atoms with Crippen LogP contribution in [0.2, 0.25) is 0 Å². The Morgan fingerprint density at radius 1 is 0.915 bits per heavy atom. The standard InChI is InChI=1S/C37H40N4O6/c1-24-19-41(25(2)22-42)36(43)31-17-29(38-37(44)39-30-14-16-33-34(18-30)46-23-45-33)13-15-32(31)47-35(24)21-40(3)20-26-9-11-28(12-10-26)27-7-5-4-6-8-27/h4-18,24-25,35,42H,19-23H2,1-3H3,(H2,38,39,44)/t24-,25-,35-/m0/s1. The molecule has 47 heavy (non-hydrogen) atoms. The lowest BCUT2D eigenvalue weighted by Crippen LogP contribution is -2.49. The SMILES string of the molecule is C[C@H]1CN([C@@H](C)CO)C(=O)c2cc(NC(=O)Nc3ccc4c(c3)OCO4)ccc2O[C@H]1CN(C)Cc1ccc(-c2ccccc2)cc1. The van der Waals surface area contributed by atoms with E-state index in [0.29, 0.717) is 47.3 Å². The molecule has 4 aromatic rings. The Bertz CT molecular complexity index is 1710. The molecule has 3 amide bonds. The highest BCUT2D eigenvalue weighted by Gasteiger charge is 2.33. The molecule has 0 fully saturated rings. The molecule has 0 saturated carbocycles. The topological polar surface area (TPSA) is 113 Å². The maximum absolute atomic E-state index is 13.8. The maximum atomic E-state index is 13.8. The van der Waals surface area contributed by atoms with Gasteiger partial charge in [0.25, 0.3) is 5.91 Å². The predicted molar refractivity (Wildman–Crippen MR) is 181 cm³/mol. The van der Waals surface area contributed by atoms with Crippen molar-refractivity contribution >= 4 is 23.3 Å². The third kappa shape index (κ3) is 7.51. The number of aliphatic hydroxyl groups excluding tert-OH is 1. The van der Waals surface area contributed by atoms with E-state index < -0.39 is 12.1 Å². The average molecular weight is 637 g/mol. The third-order valence-corrected chi connectivity index (χ3v) is 8.56. The number of nitrogens with zero attached hydrogens (tertiary/aromatic N) is 2. The molecule has 10 nitrogen and oxygen atoms in total. The largest absolute Gasteiger partial charge is 0.488 e. The lowest BCUT2D eigenvalue weighted by atomic mass is 9.99. The molecule has 0 aromatic heterocycles. The molecule has 2 heterocycles. The van der Waals surface area contributed by atoms with Gasteiger partial charge in [-0.25, -0.2) is 4.79 Å². The van der Waals surface area contributed by atoms with Crippen molar-refractivity contribution < 1.29 is 28.9 Å². The van der Waals surface area contributed by atoms with E-state index in [4.69, 9.17) is 14.2 Å². The van der Waals surface area contributed by atoms with E-state index in [2.05, 4.69) is 65.9 Å². The second kappa shape index (κ2) is 14.1. The summed E-state index contributed by atoms with van der Waals surface area (Å²) >= 11 is 0. The molecule has 244 valence electrons. The number of anilines is 2. The average Bonchev–Trinajstić information content (AvgIpc) is 3.55. The van der Waals surface area contributed by atoms with Crippen LogP contribution < -0.4 is 24.8 Å². The second-order valence-corrected chi connectivity index (χ2v) is 12.2. The van der Waals surface area contributed by atoms with Gasteiger partial charge in [0.1, 0.15) is 11.9 Å². The van der Waals surface area contributed by atoms with Crippen molar-refractivity contribution in [3.05, 3.63) is 102 Å². The van der Waals surface area contributed by atoms with Gasteiger partial charge in [0.05, 0.1) is 18.2 Å². The number of hydrogen-bond donors (Lipinski definition) is 3. The number of urea groups is 1. The van der Waals surface area contributed by atoms with Gasteiger partial charge in [-0.3, -0.25) is 9.69 Å². The number of carbonyl (C=O) groups is 2. The van der Waals surface area contributed by atoms with Crippen molar-refractivity contribution in [1.82, 2.24) is 9.80 Å². The Kier molecular flexibility index (Phi) is 9.60.